The molecule has 2 aromatic rings. The quantitative estimate of drug-likeness (QED) is 0.816. The molecule has 2 aromatic heterocycles. The van der Waals surface area contributed by atoms with Crippen molar-refractivity contribution < 1.29 is 4.52 Å². The molecule has 0 fully saturated rings. The van der Waals surface area contributed by atoms with Gasteiger partial charge in [-0.25, -0.2) is 4.98 Å². The highest BCUT2D eigenvalue weighted by molar-refractivity contribution is 5.14. The minimum Gasteiger partial charge on any atom is -0.343 e. The molecule has 2 heterocycles. The van der Waals surface area contributed by atoms with Crippen LogP contribution in [0.25, 0.3) is 0 Å². The molecule has 0 spiro atoms. The Balaban J connectivity index is 1.98. The molecule has 1 atom stereocenters. The molecule has 0 saturated carbocycles. The van der Waals surface area contributed by atoms with Crippen molar-refractivity contribution in [3.05, 3.63) is 29.9 Å². The first-order valence-corrected chi connectivity index (χ1v) is 6.37. The number of rotatable bonds is 5. The fraction of sp³-hybridized carbons (Fsp3) is 0.615. The van der Waals surface area contributed by atoms with Crippen molar-refractivity contribution in [3.8, 4) is 0 Å². The molecule has 0 N–H and O–H groups in total. The number of aryl methyl sites for hydroxylation is 1. The maximum absolute atomic E-state index is 4.77. The molecule has 0 amide bonds. The van der Waals surface area contributed by atoms with E-state index in [4.69, 9.17) is 4.52 Å². The number of hydrogen-bond donors (Lipinski definition) is 0. The van der Waals surface area contributed by atoms with Gasteiger partial charge in [-0.05, 0) is 19.3 Å². The summed E-state index contributed by atoms with van der Waals surface area (Å²) in [5.41, 5.74) is 2.44. The molecular formula is C13H20N4O. The SMILES string of the molecule is Cc1c(C(C)C)ncn1CCC(C)c1ncon1. The molecule has 0 aliphatic carbocycles. The highest BCUT2D eigenvalue weighted by atomic mass is 16.5. The van der Waals surface area contributed by atoms with Gasteiger partial charge in [0.05, 0.1) is 12.0 Å². The predicted octanol–water partition coefficient (Wildman–Crippen LogP) is 2.89. The van der Waals surface area contributed by atoms with E-state index in [1.54, 1.807) is 0 Å². The standard InChI is InChI=1S/C13H20N4O/c1-9(2)12-11(4)17(7-14-12)6-5-10(3)13-15-8-18-16-13/h7-10H,5-6H2,1-4H3. The molecule has 0 bridgehead atoms. The van der Waals surface area contributed by atoms with Crippen molar-refractivity contribution in [1.29, 1.82) is 0 Å². The van der Waals surface area contributed by atoms with Crippen molar-refractivity contribution in [2.24, 2.45) is 0 Å². The Morgan fingerprint density at radius 3 is 2.61 bits per heavy atom. The summed E-state index contributed by atoms with van der Waals surface area (Å²) >= 11 is 0. The Bertz CT molecular complexity index is 487. The van der Waals surface area contributed by atoms with Gasteiger partial charge in [0.1, 0.15) is 0 Å². The third kappa shape index (κ3) is 2.60. The first-order chi connectivity index (χ1) is 8.59. The summed E-state index contributed by atoms with van der Waals surface area (Å²) in [5, 5.41) is 3.87. The fourth-order valence-electron chi connectivity index (χ4n) is 2.11. The van der Waals surface area contributed by atoms with E-state index in [2.05, 4.69) is 47.4 Å². The van der Waals surface area contributed by atoms with Crippen molar-refractivity contribution in [1.82, 2.24) is 19.7 Å². The molecule has 0 aromatic carbocycles. The lowest BCUT2D eigenvalue weighted by Gasteiger charge is -2.10. The molecule has 2 rings (SSSR count). The number of hydrogen-bond acceptors (Lipinski definition) is 4. The van der Waals surface area contributed by atoms with E-state index in [1.165, 1.54) is 17.8 Å². The summed E-state index contributed by atoms with van der Waals surface area (Å²) in [6.45, 7) is 9.51. The molecule has 0 radical (unpaired) electrons. The second-order valence-electron chi connectivity index (χ2n) is 5.04. The van der Waals surface area contributed by atoms with Crippen LogP contribution in [0, 0.1) is 6.92 Å². The second-order valence-corrected chi connectivity index (χ2v) is 5.04. The average Bonchev–Trinajstić information content (AvgIpc) is 2.95. The molecule has 18 heavy (non-hydrogen) atoms. The third-order valence-electron chi connectivity index (χ3n) is 3.31. The largest absolute Gasteiger partial charge is 0.343 e. The van der Waals surface area contributed by atoms with Crippen LogP contribution in [0.2, 0.25) is 0 Å². The van der Waals surface area contributed by atoms with Crippen LogP contribution in [0.5, 0.6) is 0 Å². The van der Waals surface area contributed by atoms with Gasteiger partial charge in [0.25, 0.3) is 0 Å². The summed E-state index contributed by atoms with van der Waals surface area (Å²) in [6, 6.07) is 0. The molecule has 0 aliphatic rings. The summed E-state index contributed by atoms with van der Waals surface area (Å²) in [4.78, 5) is 8.55. The summed E-state index contributed by atoms with van der Waals surface area (Å²) < 4.78 is 6.97. The topological polar surface area (TPSA) is 56.7 Å². The van der Waals surface area contributed by atoms with E-state index in [1.807, 2.05) is 6.33 Å². The van der Waals surface area contributed by atoms with Gasteiger partial charge < -0.3 is 9.09 Å². The average molecular weight is 248 g/mol. The maximum Gasteiger partial charge on any atom is 0.213 e. The van der Waals surface area contributed by atoms with E-state index in [0.29, 0.717) is 11.8 Å². The van der Waals surface area contributed by atoms with E-state index in [9.17, 15) is 0 Å². The van der Waals surface area contributed by atoms with Crippen molar-refractivity contribution >= 4 is 0 Å². The zero-order valence-electron chi connectivity index (χ0n) is 11.4. The lowest BCUT2D eigenvalue weighted by Crippen LogP contribution is -2.05. The lowest BCUT2D eigenvalue weighted by atomic mass is 10.1. The molecule has 0 aliphatic heterocycles. The Kier molecular flexibility index (Phi) is 3.79. The Hall–Kier alpha value is -1.65. The Labute approximate surface area is 107 Å². The summed E-state index contributed by atoms with van der Waals surface area (Å²) in [7, 11) is 0. The van der Waals surface area contributed by atoms with Crippen LogP contribution in [-0.4, -0.2) is 19.7 Å². The third-order valence-corrected chi connectivity index (χ3v) is 3.31. The van der Waals surface area contributed by atoms with Crippen molar-refractivity contribution in [3.63, 3.8) is 0 Å². The van der Waals surface area contributed by atoms with E-state index >= 15 is 0 Å². The van der Waals surface area contributed by atoms with E-state index in [0.717, 1.165) is 18.8 Å². The Morgan fingerprint density at radius 2 is 2.06 bits per heavy atom. The number of imidazole rings is 1. The van der Waals surface area contributed by atoms with E-state index in [-0.39, 0.29) is 0 Å². The fourth-order valence-corrected chi connectivity index (χ4v) is 2.11. The predicted molar refractivity (Wildman–Crippen MR) is 68.4 cm³/mol. The van der Waals surface area contributed by atoms with Gasteiger partial charge in [0.15, 0.2) is 5.82 Å². The first-order valence-electron chi connectivity index (χ1n) is 6.37. The van der Waals surface area contributed by atoms with Crippen LogP contribution in [0.15, 0.2) is 17.2 Å². The molecule has 98 valence electrons. The van der Waals surface area contributed by atoms with Crippen LogP contribution >= 0.6 is 0 Å². The molecule has 5 heteroatoms. The van der Waals surface area contributed by atoms with Crippen LogP contribution in [-0.2, 0) is 6.54 Å². The highest BCUT2D eigenvalue weighted by Crippen LogP contribution is 2.20. The van der Waals surface area contributed by atoms with Gasteiger partial charge in [0, 0.05) is 18.2 Å². The minimum absolute atomic E-state index is 0.299. The smallest absolute Gasteiger partial charge is 0.213 e. The van der Waals surface area contributed by atoms with Gasteiger partial charge in [0.2, 0.25) is 6.39 Å². The second kappa shape index (κ2) is 5.33. The van der Waals surface area contributed by atoms with Gasteiger partial charge in [-0.3, -0.25) is 0 Å². The molecule has 0 saturated heterocycles. The summed E-state index contributed by atoms with van der Waals surface area (Å²) in [6.07, 6.45) is 4.28. The van der Waals surface area contributed by atoms with Crippen LogP contribution in [0.4, 0.5) is 0 Å². The number of aromatic nitrogens is 4. The van der Waals surface area contributed by atoms with Gasteiger partial charge >= 0.3 is 0 Å². The van der Waals surface area contributed by atoms with Gasteiger partial charge in [-0.15, -0.1) is 0 Å². The van der Waals surface area contributed by atoms with Gasteiger partial charge in [-0.2, -0.15) is 4.98 Å². The minimum atomic E-state index is 0.299. The molecule has 1 unspecified atom stereocenters. The lowest BCUT2D eigenvalue weighted by molar-refractivity contribution is 0.401. The zero-order valence-corrected chi connectivity index (χ0v) is 11.4. The summed E-state index contributed by atoms with van der Waals surface area (Å²) in [5.74, 6) is 1.55. The van der Waals surface area contributed by atoms with Gasteiger partial charge in [-0.1, -0.05) is 25.9 Å². The molecule has 5 nitrogen and oxygen atoms in total. The molecular weight excluding hydrogens is 228 g/mol. The van der Waals surface area contributed by atoms with Crippen LogP contribution in [0.3, 0.4) is 0 Å². The normalized spacial score (nSPS) is 13.2. The van der Waals surface area contributed by atoms with E-state index < -0.39 is 0 Å². The first kappa shape index (κ1) is 12.8. The Morgan fingerprint density at radius 1 is 1.28 bits per heavy atom. The van der Waals surface area contributed by atoms with Crippen molar-refractivity contribution in [2.45, 2.75) is 52.5 Å². The van der Waals surface area contributed by atoms with Crippen LogP contribution < -0.4 is 0 Å². The van der Waals surface area contributed by atoms with Crippen molar-refractivity contribution in [2.75, 3.05) is 0 Å². The van der Waals surface area contributed by atoms with Crippen LogP contribution in [0.1, 0.15) is 56.2 Å². The highest BCUT2D eigenvalue weighted by Gasteiger charge is 2.13. The number of nitrogens with zero attached hydrogens (tertiary/aromatic N) is 4. The maximum atomic E-state index is 4.77. The zero-order chi connectivity index (χ0) is 13.1. The monoisotopic (exact) mass is 248 g/mol.